The first-order chi connectivity index (χ1) is 13.4. The zero-order valence-corrected chi connectivity index (χ0v) is 17.4. The van der Waals surface area contributed by atoms with Crippen LogP contribution in [0.25, 0.3) is 0 Å². The number of aromatic carboxylic acids is 1. The Morgan fingerprint density at radius 2 is 1.79 bits per heavy atom. The highest BCUT2D eigenvalue weighted by atomic mass is 16.5. The average Bonchev–Trinajstić information content (AvgIpc) is 2.62. The Morgan fingerprint density at radius 3 is 2.43 bits per heavy atom. The summed E-state index contributed by atoms with van der Waals surface area (Å²) < 4.78 is 5.08. The lowest BCUT2D eigenvalue weighted by Crippen LogP contribution is -2.37. The molecule has 1 amide bonds. The van der Waals surface area contributed by atoms with Crippen LogP contribution in [0.1, 0.15) is 61.9 Å². The molecule has 0 unspecified atom stereocenters. The number of rotatable bonds is 5. The van der Waals surface area contributed by atoms with Gasteiger partial charge >= 0.3 is 5.97 Å². The second-order valence-electron chi connectivity index (χ2n) is 8.02. The average molecular weight is 391 g/mol. The molecular weight excluding hydrogens is 356 g/mol. The lowest BCUT2D eigenvalue weighted by molar-refractivity contribution is -0.122. The summed E-state index contributed by atoms with van der Waals surface area (Å²) >= 11 is 0. The first kappa shape index (κ1) is 22.4. The van der Waals surface area contributed by atoms with Gasteiger partial charge in [0, 0.05) is 32.4 Å². The number of methoxy groups -OCH3 is 1. The summed E-state index contributed by atoms with van der Waals surface area (Å²) in [5, 5.41) is 9.45. The van der Waals surface area contributed by atoms with Gasteiger partial charge in [0.25, 0.3) is 5.91 Å². The van der Waals surface area contributed by atoms with Crippen LogP contribution in [0, 0.1) is 5.92 Å². The quantitative estimate of drug-likeness (QED) is 0.828. The van der Waals surface area contributed by atoms with Gasteiger partial charge in [0.1, 0.15) is 6.61 Å². The summed E-state index contributed by atoms with van der Waals surface area (Å²) in [5.41, 5.74) is 1.96. The zero-order chi connectivity index (χ0) is 20.5. The first-order valence-corrected chi connectivity index (χ1v) is 10.3. The summed E-state index contributed by atoms with van der Waals surface area (Å²) in [5.74, 6) is -0.511. The highest BCUT2D eigenvalue weighted by Gasteiger charge is 2.22. The molecule has 2 rings (SSSR count). The van der Waals surface area contributed by atoms with E-state index in [-0.39, 0.29) is 18.1 Å². The van der Waals surface area contributed by atoms with Gasteiger partial charge in [-0.05, 0) is 49.1 Å². The molecule has 0 radical (unpaired) electrons. The van der Waals surface area contributed by atoms with E-state index in [0.29, 0.717) is 19.0 Å². The number of carboxylic acids is 1. The first-order valence-electron chi connectivity index (χ1n) is 10.3. The number of nitrogens with zero attached hydrogens (tertiary/aromatic N) is 2. The topological polar surface area (TPSA) is 70.1 Å². The van der Waals surface area contributed by atoms with E-state index < -0.39 is 5.97 Å². The van der Waals surface area contributed by atoms with Gasteiger partial charge in [-0.25, -0.2) is 4.79 Å². The van der Waals surface area contributed by atoms with Crippen molar-refractivity contribution >= 4 is 17.6 Å². The molecule has 0 bridgehead atoms. The molecule has 28 heavy (non-hydrogen) atoms. The van der Waals surface area contributed by atoms with Crippen LogP contribution in [0.2, 0.25) is 0 Å². The number of carbonyl (C=O) groups excluding carboxylic acids is 1. The van der Waals surface area contributed by atoms with Gasteiger partial charge < -0.3 is 14.7 Å². The third-order valence-corrected chi connectivity index (χ3v) is 5.06. The van der Waals surface area contributed by atoms with E-state index in [1.807, 2.05) is 0 Å². The van der Waals surface area contributed by atoms with Gasteiger partial charge in [0.2, 0.25) is 0 Å². The minimum Gasteiger partial charge on any atom is -0.478 e. The molecule has 6 heteroatoms. The van der Waals surface area contributed by atoms with Crippen molar-refractivity contribution in [3.63, 3.8) is 0 Å². The van der Waals surface area contributed by atoms with Crippen LogP contribution < -0.4 is 4.90 Å². The number of hydrogen-bond donors (Lipinski definition) is 1. The number of fused-ring (bicyclic) bond motifs is 1. The third-order valence-electron chi connectivity index (χ3n) is 5.06. The van der Waals surface area contributed by atoms with Crippen LogP contribution in [-0.2, 0) is 16.1 Å². The molecule has 0 aromatic heterocycles. The molecule has 1 aliphatic rings. The summed E-state index contributed by atoms with van der Waals surface area (Å²) in [4.78, 5) is 28.4. The minimum absolute atomic E-state index is 0.0236. The summed E-state index contributed by atoms with van der Waals surface area (Å²) in [6.45, 7) is 7.62. The van der Waals surface area contributed by atoms with Crippen molar-refractivity contribution in [2.45, 2.75) is 52.5 Å². The molecule has 1 N–H and O–H groups in total. The van der Waals surface area contributed by atoms with E-state index in [2.05, 4.69) is 18.7 Å². The second-order valence-corrected chi connectivity index (χ2v) is 8.02. The van der Waals surface area contributed by atoms with Crippen molar-refractivity contribution in [2.24, 2.45) is 5.92 Å². The molecule has 0 saturated carbocycles. The molecule has 1 aliphatic heterocycles. The van der Waals surface area contributed by atoms with Crippen molar-refractivity contribution in [3.05, 3.63) is 29.3 Å². The lowest BCUT2D eigenvalue weighted by atomic mass is 10.0. The SMILES string of the molecule is COCC(=O)N1CCCCCCCN(CC(C)C)Cc2cc(C(=O)O)ccc21. The van der Waals surface area contributed by atoms with Crippen molar-refractivity contribution < 1.29 is 19.4 Å². The van der Waals surface area contributed by atoms with E-state index in [9.17, 15) is 14.7 Å². The normalized spacial score (nSPS) is 16.9. The maximum Gasteiger partial charge on any atom is 0.335 e. The van der Waals surface area contributed by atoms with E-state index in [1.165, 1.54) is 20.0 Å². The Bertz CT molecular complexity index is 660. The van der Waals surface area contributed by atoms with Gasteiger partial charge in [0.05, 0.1) is 5.56 Å². The molecule has 156 valence electrons. The Hall–Kier alpha value is -1.92. The van der Waals surface area contributed by atoms with Gasteiger partial charge in [-0.2, -0.15) is 0 Å². The van der Waals surface area contributed by atoms with Gasteiger partial charge in [0.15, 0.2) is 0 Å². The number of carboxylic acid groups (broad SMARTS) is 1. The van der Waals surface area contributed by atoms with Crippen LogP contribution >= 0.6 is 0 Å². The molecular formula is C22H34N2O4. The van der Waals surface area contributed by atoms with Crippen molar-refractivity contribution in [1.82, 2.24) is 4.90 Å². The van der Waals surface area contributed by atoms with Crippen molar-refractivity contribution in [3.8, 4) is 0 Å². The summed E-state index contributed by atoms with van der Waals surface area (Å²) in [6, 6.07) is 5.10. The zero-order valence-electron chi connectivity index (χ0n) is 17.4. The maximum absolute atomic E-state index is 12.7. The standard InChI is InChI=1S/C22H34N2O4/c1-17(2)14-23-11-7-5-4-6-8-12-24(21(25)16-28-3)20-10-9-18(22(26)27)13-19(20)15-23/h9-10,13,17H,4-8,11-12,14-16H2,1-3H3,(H,26,27). The van der Waals surface area contributed by atoms with Crippen molar-refractivity contribution in [2.75, 3.05) is 38.3 Å². The number of anilines is 1. The largest absolute Gasteiger partial charge is 0.478 e. The van der Waals surface area contributed by atoms with Gasteiger partial charge in [-0.3, -0.25) is 9.69 Å². The second kappa shape index (κ2) is 11.2. The molecule has 0 spiro atoms. The molecule has 0 fully saturated rings. The molecule has 1 aromatic carbocycles. The summed E-state index contributed by atoms with van der Waals surface area (Å²) in [7, 11) is 1.52. The molecule has 1 aromatic rings. The van der Waals surface area contributed by atoms with Crippen LogP contribution in [-0.4, -0.2) is 55.2 Å². The van der Waals surface area contributed by atoms with Crippen LogP contribution in [0.5, 0.6) is 0 Å². The number of carbonyl (C=O) groups is 2. The number of ether oxygens (including phenoxy) is 1. The molecule has 0 atom stereocenters. The third kappa shape index (κ3) is 6.60. The van der Waals surface area contributed by atoms with E-state index in [1.54, 1.807) is 23.1 Å². The fourth-order valence-electron chi connectivity index (χ4n) is 3.82. The van der Waals surface area contributed by atoms with Gasteiger partial charge in [-0.1, -0.05) is 33.1 Å². The van der Waals surface area contributed by atoms with E-state index in [0.717, 1.165) is 43.6 Å². The van der Waals surface area contributed by atoms with Crippen LogP contribution in [0.4, 0.5) is 5.69 Å². The predicted octanol–water partition coefficient (Wildman–Crippen LogP) is 3.79. The predicted molar refractivity (Wildman–Crippen MR) is 111 cm³/mol. The van der Waals surface area contributed by atoms with Crippen LogP contribution in [0.3, 0.4) is 0 Å². The smallest absolute Gasteiger partial charge is 0.335 e. The van der Waals surface area contributed by atoms with Gasteiger partial charge in [-0.15, -0.1) is 0 Å². The lowest BCUT2D eigenvalue weighted by Gasteiger charge is -2.30. The van der Waals surface area contributed by atoms with E-state index in [4.69, 9.17) is 4.74 Å². The minimum atomic E-state index is -0.945. The maximum atomic E-state index is 12.7. The Morgan fingerprint density at radius 1 is 1.11 bits per heavy atom. The monoisotopic (exact) mass is 390 g/mol. The number of amides is 1. The van der Waals surface area contributed by atoms with Crippen molar-refractivity contribution in [1.29, 1.82) is 0 Å². The Balaban J connectivity index is 2.44. The number of benzene rings is 1. The highest BCUT2D eigenvalue weighted by molar-refractivity contribution is 5.96. The molecule has 1 heterocycles. The highest BCUT2D eigenvalue weighted by Crippen LogP contribution is 2.26. The fraction of sp³-hybridized carbons (Fsp3) is 0.636. The van der Waals surface area contributed by atoms with Crippen LogP contribution in [0.15, 0.2) is 18.2 Å². The molecule has 0 saturated heterocycles. The van der Waals surface area contributed by atoms with E-state index >= 15 is 0 Å². The number of hydrogen-bond acceptors (Lipinski definition) is 4. The molecule has 6 nitrogen and oxygen atoms in total. The Labute approximate surface area is 168 Å². The fourth-order valence-corrected chi connectivity index (χ4v) is 3.82. The summed E-state index contributed by atoms with van der Waals surface area (Å²) in [6.07, 6.45) is 5.52. The molecule has 0 aliphatic carbocycles. The Kier molecular flexibility index (Phi) is 8.93.